The second kappa shape index (κ2) is 6.21. The van der Waals surface area contributed by atoms with Crippen LogP contribution in [0.25, 0.3) is 0 Å². The number of nitrogens with two attached hydrogens (primary N) is 1. The third-order valence-electron chi connectivity index (χ3n) is 3.01. The zero-order valence-electron chi connectivity index (χ0n) is 11.7. The number of amides is 1. The number of aromatic nitrogens is 2. The number of nitrogen functional groups attached to an aromatic ring is 1. The van der Waals surface area contributed by atoms with Gasteiger partial charge in [0.1, 0.15) is 0 Å². The van der Waals surface area contributed by atoms with Crippen LogP contribution in [-0.4, -0.2) is 22.2 Å². The van der Waals surface area contributed by atoms with Gasteiger partial charge in [-0.15, -0.1) is 0 Å². The summed E-state index contributed by atoms with van der Waals surface area (Å²) in [6.45, 7) is 2.48. The standard InChI is InChI=1S/C14H19N5O/c1-10-3-4-12(13(9-10)17-15)14(20)16-7-5-11-6-8-19(2)18-11/h3-4,6,8-9,17H,5,7,15H2,1-2H3,(H,16,20). The molecule has 20 heavy (non-hydrogen) atoms. The summed E-state index contributed by atoms with van der Waals surface area (Å²) in [6, 6.07) is 7.42. The zero-order chi connectivity index (χ0) is 14.5. The smallest absolute Gasteiger partial charge is 0.253 e. The van der Waals surface area contributed by atoms with Crippen molar-refractivity contribution in [3.8, 4) is 0 Å². The Balaban J connectivity index is 1.95. The van der Waals surface area contributed by atoms with E-state index in [0.717, 1.165) is 11.3 Å². The summed E-state index contributed by atoms with van der Waals surface area (Å²) in [5.41, 5.74) is 5.72. The van der Waals surface area contributed by atoms with Crippen molar-refractivity contribution < 1.29 is 4.79 Å². The molecule has 6 heteroatoms. The molecule has 0 unspecified atom stereocenters. The topological polar surface area (TPSA) is 85.0 Å². The first-order valence-corrected chi connectivity index (χ1v) is 6.44. The van der Waals surface area contributed by atoms with Gasteiger partial charge in [0, 0.05) is 26.2 Å². The van der Waals surface area contributed by atoms with Gasteiger partial charge in [-0.3, -0.25) is 15.3 Å². The molecule has 106 valence electrons. The average molecular weight is 273 g/mol. The van der Waals surface area contributed by atoms with Gasteiger partial charge in [0.25, 0.3) is 5.91 Å². The summed E-state index contributed by atoms with van der Waals surface area (Å²) in [7, 11) is 1.87. The summed E-state index contributed by atoms with van der Waals surface area (Å²) in [4.78, 5) is 12.1. The van der Waals surface area contributed by atoms with Gasteiger partial charge in [0.05, 0.1) is 16.9 Å². The Kier molecular flexibility index (Phi) is 4.37. The first-order valence-electron chi connectivity index (χ1n) is 6.44. The lowest BCUT2D eigenvalue weighted by molar-refractivity contribution is 0.0955. The lowest BCUT2D eigenvalue weighted by Gasteiger charge is -2.10. The summed E-state index contributed by atoms with van der Waals surface area (Å²) >= 11 is 0. The monoisotopic (exact) mass is 273 g/mol. The number of nitrogens with zero attached hydrogens (tertiary/aromatic N) is 2. The van der Waals surface area contributed by atoms with Crippen LogP contribution in [-0.2, 0) is 13.5 Å². The lowest BCUT2D eigenvalue weighted by atomic mass is 10.1. The molecule has 0 saturated heterocycles. The zero-order valence-corrected chi connectivity index (χ0v) is 11.7. The van der Waals surface area contributed by atoms with Crippen LogP contribution >= 0.6 is 0 Å². The van der Waals surface area contributed by atoms with Crippen LogP contribution in [0.3, 0.4) is 0 Å². The van der Waals surface area contributed by atoms with E-state index in [-0.39, 0.29) is 5.91 Å². The first kappa shape index (κ1) is 14.1. The molecule has 0 bridgehead atoms. The molecule has 0 radical (unpaired) electrons. The Morgan fingerprint density at radius 2 is 2.20 bits per heavy atom. The van der Waals surface area contributed by atoms with E-state index in [1.54, 1.807) is 10.7 Å². The second-order valence-electron chi connectivity index (χ2n) is 4.68. The van der Waals surface area contributed by atoms with Crippen LogP contribution in [0.1, 0.15) is 21.6 Å². The molecule has 0 aliphatic rings. The molecule has 0 aliphatic carbocycles. The number of carbonyl (C=O) groups is 1. The van der Waals surface area contributed by atoms with Crippen molar-refractivity contribution in [3.05, 3.63) is 47.3 Å². The van der Waals surface area contributed by atoms with E-state index < -0.39 is 0 Å². The van der Waals surface area contributed by atoms with Crippen LogP contribution in [0, 0.1) is 6.92 Å². The number of hydrogen-bond donors (Lipinski definition) is 3. The maximum absolute atomic E-state index is 12.1. The number of anilines is 1. The van der Waals surface area contributed by atoms with Crippen molar-refractivity contribution >= 4 is 11.6 Å². The molecule has 0 aliphatic heterocycles. The molecule has 1 heterocycles. The van der Waals surface area contributed by atoms with E-state index in [9.17, 15) is 4.79 Å². The summed E-state index contributed by atoms with van der Waals surface area (Å²) < 4.78 is 1.74. The van der Waals surface area contributed by atoms with Crippen molar-refractivity contribution in [2.45, 2.75) is 13.3 Å². The lowest BCUT2D eigenvalue weighted by Crippen LogP contribution is -2.27. The maximum atomic E-state index is 12.1. The van der Waals surface area contributed by atoms with Gasteiger partial charge in [0.2, 0.25) is 0 Å². The minimum absolute atomic E-state index is 0.145. The Morgan fingerprint density at radius 1 is 1.40 bits per heavy atom. The molecule has 4 N–H and O–H groups in total. The fourth-order valence-corrected chi connectivity index (χ4v) is 1.97. The SMILES string of the molecule is Cc1ccc(C(=O)NCCc2ccn(C)n2)c(NN)c1. The molecular formula is C14H19N5O. The fourth-order valence-electron chi connectivity index (χ4n) is 1.97. The van der Waals surface area contributed by atoms with Crippen molar-refractivity contribution in [1.82, 2.24) is 15.1 Å². The molecule has 2 aromatic rings. The van der Waals surface area contributed by atoms with Crippen molar-refractivity contribution in [1.29, 1.82) is 0 Å². The predicted octanol–water partition coefficient (Wildman–Crippen LogP) is 0.987. The number of nitrogens with one attached hydrogen (secondary N) is 2. The van der Waals surface area contributed by atoms with E-state index in [4.69, 9.17) is 5.84 Å². The molecule has 0 saturated carbocycles. The number of aryl methyl sites for hydroxylation is 2. The van der Waals surface area contributed by atoms with Gasteiger partial charge in [-0.05, 0) is 30.7 Å². The molecule has 0 fully saturated rings. The average Bonchev–Trinajstić information content (AvgIpc) is 2.84. The Bertz CT molecular complexity index is 605. The van der Waals surface area contributed by atoms with Crippen LogP contribution in [0.15, 0.2) is 30.5 Å². The number of hydrogen-bond acceptors (Lipinski definition) is 4. The number of benzene rings is 1. The van der Waals surface area contributed by atoms with Crippen LogP contribution < -0.4 is 16.6 Å². The highest BCUT2D eigenvalue weighted by Crippen LogP contribution is 2.16. The molecule has 1 amide bonds. The van der Waals surface area contributed by atoms with Crippen LogP contribution in [0.4, 0.5) is 5.69 Å². The quantitative estimate of drug-likeness (QED) is 0.560. The van der Waals surface area contributed by atoms with Crippen molar-refractivity contribution in [2.24, 2.45) is 12.9 Å². The molecule has 6 nitrogen and oxygen atoms in total. The van der Waals surface area contributed by atoms with Gasteiger partial charge in [-0.25, -0.2) is 0 Å². The Morgan fingerprint density at radius 3 is 2.85 bits per heavy atom. The van der Waals surface area contributed by atoms with Gasteiger partial charge in [-0.2, -0.15) is 5.10 Å². The minimum atomic E-state index is -0.145. The maximum Gasteiger partial charge on any atom is 0.253 e. The molecule has 1 aromatic heterocycles. The fraction of sp³-hybridized carbons (Fsp3) is 0.286. The Labute approximate surface area is 117 Å². The predicted molar refractivity (Wildman–Crippen MR) is 78.2 cm³/mol. The van der Waals surface area contributed by atoms with E-state index >= 15 is 0 Å². The van der Waals surface area contributed by atoms with Crippen LogP contribution in [0.2, 0.25) is 0 Å². The van der Waals surface area contributed by atoms with Crippen molar-refractivity contribution in [3.63, 3.8) is 0 Å². The molecule has 2 rings (SSSR count). The van der Waals surface area contributed by atoms with E-state index in [0.29, 0.717) is 24.2 Å². The summed E-state index contributed by atoms with van der Waals surface area (Å²) in [6.07, 6.45) is 2.58. The highest BCUT2D eigenvalue weighted by Gasteiger charge is 2.10. The largest absolute Gasteiger partial charge is 0.352 e. The highest BCUT2D eigenvalue weighted by molar-refractivity contribution is 5.99. The summed E-state index contributed by atoms with van der Waals surface area (Å²) in [5, 5.41) is 7.13. The Hall–Kier alpha value is -2.34. The van der Waals surface area contributed by atoms with Crippen molar-refractivity contribution in [2.75, 3.05) is 12.0 Å². The normalized spacial score (nSPS) is 10.3. The second-order valence-corrected chi connectivity index (χ2v) is 4.68. The molecule has 0 spiro atoms. The van der Waals surface area contributed by atoms with E-state index in [2.05, 4.69) is 15.8 Å². The molecule has 0 atom stereocenters. The summed E-state index contributed by atoms with van der Waals surface area (Å²) in [5.74, 6) is 5.29. The molecular weight excluding hydrogens is 254 g/mol. The first-order chi connectivity index (χ1) is 9.60. The van der Waals surface area contributed by atoms with Crippen LogP contribution in [0.5, 0.6) is 0 Å². The van der Waals surface area contributed by atoms with Gasteiger partial charge < -0.3 is 10.7 Å². The highest BCUT2D eigenvalue weighted by atomic mass is 16.1. The third kappa shape index (κ3) is 3.36. The molecule has 1 aromatic carbocycles. The number of carbonyl (C=O) groups excluding carboxylic acids is 1. The van der Waals surface area contributed by atoms with E-state index in [1.165, 1.54) is 0 Å². The third-order valence-corrected chi connectivity index (χ3v) is 3.01. The van der Waals surface area contributed by atoms with E-state index in [1.807, 2.05) is 38.4 Å². The van der Waals surface area contributed by atoms with Gasteiger partial charge in [0.15, 0.2) is 0 Å². The minimum Gasteiger partial charge on any atom is -0.352 e. The van der Waals surface area contributed by atoms with Gasteiger partial charge >= 0.3 is 0 Å². The number of hydrazine groups is 1. The number of rotatable bonds is 5. The van der Waals surface area contributed by atoms with Gasteiger partial charge in [-0.1, -0.05) is 6.07 Å².